The molecule has 1 aliphatic heterocycles. The van der Waals surface area contributed by atoms with Gasteiger partial charge in [-0.3, -0.25) is 0 Å². The van der Waals surface area contributed by atoms with Gasteiger partial charge in [0.2, 0.25) is 0 Å². The van der Waals surface area contributed by atoms with E-state index in [1.165, 1.54) is 25.9 Å². The summed E-state index contributed by atoms with van der Waals surface area (Å²) in [5.74, 6) is 1.95. The number of piperidine rings is 1. The predicted octanol–water partition coefficient (Wildman–Crippen LogP) is 1.62. The summed E-state index contributed by atoms with van der Waals surface area (Å²) in [5, 5.41) is 7.24. The van der Waals surface area contributed by atoms with E-state index >= 15 is 0 Å². The van der Waals surface area contributed by atoms with Gasteiger partial charge in [-0.1, -0.05) is 20.8 Å². The number of hydrogen-bond donors (Lipinski definition) is 2. The Morgan fingerprint density at radius 3 is 2.71 bits per heavy atom. The molecule has 1 saturated heterocycles. The Hall–Kier alpha value is -0.0800. The van der Waals surface area contributed by atoms with Crippen LogP contribution in [0.2, 0.25) is 0 Å². The summed E-state index contributed by atoms with van der Waals surface area (Å²) in [7, 11) is 0. The average Bonchev–Trinajstić information content (AvgIpc) is 2.79. The Labute approximate surface area is 87.8 Å². The van der Waals surface area contributed by atoms with Gasteiger partial charge >= 0.3 is 0 Å². The molecule has 1 heterocycles. The normalized spacial score (nSPS) is 40.9. The van der Waals surface area contributed by atoms with Gasteiger partial charge in [-0.15, -0.1) is 0 Å². The maximum atomic E-state index is 3.76. The third-order valence-corrected chi connectivity index (χ3v) is 4.04. The molecule has 14 heavy (non-hydrogen) atoms. The van der Waals surface area contributed by atoms with Gasteiger partial charge < -0.3 is 10.6 Å². The molecule has 2 aliphatic rings. The van der Waals surface area contributed by atoms with E-state index in [1.807, 2.05) is 0 Å². The zero-order valence-corrected chi connectivity index (χ0v) is 9.77. The molecular weight excluding hydrogens is 172 g/mol. The molecule has 0 bridgehead atoms. The van der Waals surface area contributed by atoms with Crippen LogP contribution < -0.4 is 10.6 Å². The third kappa shape index (κ3) is 2.29. The smallest absolute Gasteiger partial charge is 0.0142 e. The SMILES string of the molecule is CC1CC1CNC1CCNCC1(C)C. The lowest BCUT2D eigenvalue weighted by Gasteiger charge is -2.39. The maximum Gasteiger partial charge on any atom is 0.0142 e. The van der Waals surface area contributed by atoms with Crippen LogP contribution >= 0.6 is 0 Å². The Bertz CT molecular complexity index is 200. The lowest BCUT2D eigenvalue weighted by molar-refractivity contribution is 0.183. The fourth-order valence-electron chi connectivity index (χ4n) is 2.53. The predicted molar refractivity (Wildman–Crippen MR) is 60.3 cm³/mol. The Balaban J connectivity index is 1.77. The molecule has 82 valence electrons. The Kier molecular flexibility index (Phi) is 2.85. The van der Waals surface area contributed by atoms with Gasteiger partial charge in [-0.05, 0) is 43.2 Å². The highest BCUT2D eigenvalue weighted by Gasteiger charge is 2.36. The van der Waals surface area contributed by atoms with E-state index in [-0.39, 0.29) is 0 Å². The van der Waals surface area contributed by atoms with Crippen molar-refractivity contribution in [2.45, 2.75) is 39.7 Å². The van der Waals surface area contributed by atoms with Crippen LogP contribution in [0.5, 0.6) is 0 Å². The number of hydrogen-bond acceptors (Lipinski definition) is 2. The summed E-state index contributed by atoms with van der Waals surface area (Å²) in [6.45, 7) is 10.7. The summed E-state index contributed by atoms with van der Waals surface area (Å²) in [4.78, 5) is 0. The second kappa shape index (κ2) is 3.82. The summed E-state index contributed by atoms with van der Waals surface area (Å²) >= 11 is 0. The van der Waals surface area contributed by atoms with Crippen LogP contribution in [0.3, 0.4) is 0 Å². The molecule has 0 radical (unpaired) electrons. The molecule has 0 aromatic heterocycles. The monoisotopic (exact) mass is 196 g/mol. The lowest BCUT2D eigenvalue weighted by Crippen LogP contribution is -2.53. The topological polar surface area (TPSA) is 24.1 Å². The molecule has 1 saturated carbocycles. The van der Waals surface area contributed by atoms with Crippen molar-refractivity contribution in [1.29, 1.82) is 0 Å². The van der Waals surface area contributed by atoms with Gasteiger partial charge in [-0.25, -0.2) is 0 Å². The van der Waals surface area contributed by atoms with E-state index in [2.05, 4.69) is 31.4 Å². The summed E-state index contributed by atoms with van der Waals surface area (Å²) in [6, 6.07) is 0.719. The van der Waals surface area contributed by atoms with Crippen molar-refractivity contribution in [2.24, 2.45) is 17.3 Å². The van der Waals surface area contributed by atoms with E-state index < -0.39 is 0 Å². The summed E-state index contributed by atoms with van der Waals surface area (Å²) in [6.07, 6.45) is 2.73. The molecule has 1 aliphatic carbocycles. The molecule has 0 aromatic rings. The first kappa shape index (κ1) is 10.4. The van der Waals surface area contributed by atoms with Crippen molar-refractivity contribution in [1.82, 2.24) is 10.6 Å². The summed E-state index contributed by atoms with van der Waals surface area (Å²) in [5.41, 5.74) is 0.427. The molecule has 0 aromatic carbocycles. The van der Waals surface area contributed by atoms with Crippen LogP contribution in [0.15, 0.2) is 0 Å². The minimum atomic E-state index is 0.427. The molecule has 2 heteroatoms. The van der Waals surface area contributed by atoms with Gasteiger partial charge in [0.25, 0.3) is 0 Å². The molecule has 2 fully saturated rings. The second-order valence-electron chi connectivity index (χ2n) is 5.89. The second-order valence-corrected chi connectivity index (χ2v) is 5.89. The fraction of sp³-hybridized carbons (Fsp3) is 1.00. The molecular formula is C12H24N2. The first-order valence-electron chi connectivity index (χ1n) is 6.04. The van der Waals surface area contributed by atoms with Crippen LogP contribution in [0.25, 0.3) is 0 Å². The van der Waals surface area contributed by atoms with Crippen LogP contribution in [0.4, 0.5) is 0 Å². The van der Waals surface area contributed by atoms with Gasteiger partial charge in [-0.2, -0.15) is 0 Å². The van der Waals surface area contributed by atoms with Crippen LogP contribution in [-0.2, 0) is 0 Å². The van der Waals surface area contributed by atoms with Crippen molar-refractivity contribution in [3.05, 3.63) is 0 Å². The Morgan fingerprint density at radius 2 is 2.14 bits per heavy atom. The number of nitrogens with one attached hydrogen (secondary N) is 2. The van der Waals surface area contributed by atoms with E-state index in [0.29, 0.717) is 5.41 Å². The van der Waals surface area contributed by atoms with E-state index in [0.717, 1.165) is 24.4 Å². The largest absolute Gasteiger partial charge is 0.316 e. The van der Waals surface area contributed by atoms with Crippen molar-refractivity contribution >= 4 is 0 Å². The third-order valence-electron chi connectivity index (χ3n) is 4.04. The van der Waals surface area contributed by atoms with Gasteiger partial charge in [0.05, 0.1) is 0 Å². The van der Waals surface area contributed by atoms with E-state index in [1.54, 1.807) is 0 Å². The molecule has 0 amide bonds. The van der Waals surface area contributed by atoms with E-state index in [9.17, 15) is 0 Å². The zero-order chi connectivity index (χ0) is 10.2. The van der Waals surface area contributed by atoms with Crippen molar-refractivity contribution in [3.63, 3.8) is 0 Å². The van der Waals surface area contributed by atoms with Crippen LogP contribution in [-0.4, -0.2) is 25.7 Å². The minimum absolute atomic E-state index is 0.427. The molecule has 3 unspecified atom stereocenters. The number of rotatable bonds is 3. The zero-order valence-electron chi connectivity index (χ0n) is 9.77. The highest BCUT2D eigenvalue weighted by atomic mass is 15.0. The van der Waals surface area contributed by atoms with Crippen LogP contribution in [0.1, 0.15) is 33.6 Å². The first-order chi connectivity index (χ1) is 6.59. The highest BCUT2D eigenvalue weighted by Crippen LogP contribution is 2.37. The van der Waals surface area contributed by atoms with Gasteiger partial charge in [0, 0.05) is 12.6 Å². The van der Waals surface area contributed by atoms with Crippen molar-refractivity contribution in [3.8, 4) is 0 Å². The molecule has 2 nitrogen and oxygen atoms in total. The quantitative estimate of drug-likeness (QED) is 0.717. The van der Waals surface area contributed by atoms with E-state index in [4.69, 9.17) is 0 Å². The lowest BCUT2D eigenvalue weighted by atomic mass is 9.80. The maximum absolute atomic E-state index is 3.76. The average molecular weight is 196 g/mol. The van der Waals surface area contributed by atoms with Crippen LogP contribution in [0, 0.1) is 17.3 Å². The van der Waals surface area contributed by atoms with Crippen molar-refractivity contribution in [2.75, 3.05) is 19.6 Å². The highest BCUT2D eigenvalue weighted by molar-refractivity contribution is 4.92. The molecule has 2 rings (SSSR count). The van der Waals surface area contributed by atoms with Gasteiger partial charge in [0.1, 0.15) is 0 Å². The minimum Gasteiger partial charge on any atom is -0.316 e. The molecule has 0 spiro atoms. The molecule has 3 atom stereocenters. The van der Waals surface area contributed by atoms with Gasteiger partial charge in [0.15, 0.2) is 0 Å². The fourth-order valence-corrected chi connectivity index (χ4v) is 2.53. The molecule has 2 N–H and O–H groups in total. The standard InChI is InChI=1S/C12H24N2/c1-9-6-10(9)7-14-11-4-5-13-8-12(11,2)3/h9-11,13-14H,4-8H2,1-3H3. The Morgan fingerprint density at radius 1 is 1.43 bits per heavy atom. The van der Waals surface area contributed by atoms with Crippen molar-refractivity contribution < 1.29 is 0 Å². The summed E-state index contributed by atoms with van der Waals surface area (Å²) < 4.78 is 0. The first-order valence-corrected chi connectivity index (χ1v) is 6.04.